The van der Waals surface area contributed by atoms with Crippen molar-refractivity contribution in [2.24, 2.45) is 5.73 Å². The predicted molar refractivity (Wildman–Crippen MR) is 63.2 cm³/mol. The van der Waals surface area contributed by atoms with Crippen LogP contribution in [0.2, 0.25) is 0 Å². The zero-order chi connectivity index (χ0) is 13.0. The van der Waals surface area contributed by atoms with Crippen molar-refractivity contribution in [3.63, 3.8) is 0 Å². The molecule has 0 aliphatic carbocycles. The smallest absolute Gasteiger partial charge is 0.245 e. The molecular weight excluding hydrogens is 234 g/mol. The molecule has 0 aliphatic rings. The Morgan fingerprint density at radius 1 is 1.67 bits per heavy atom. The van der Waals surface area contributed by atoms with E-state index in [-0.39, 0.29) is 12.5 Å². The second kappa shape index (κ2) is 5.46. The van der Waals surface area contributed by atoms with E-state index in [1.54, 1.807) is 25.3 Å². The molecule has 18 heavy (non-hydrogen) atoms. The minimum atomic E-state index is -0.437. The summed E-state index contributed by atoms with van der Waals surface area (Å²) < 4.78 is 6.61. The molecular formula is C11H15N5O2. The molecule has 96 valence electrons. The van der Waals surface area contributed by atoms with Gasteiger partial charge in [0.2, 0.25) is 5.91 Å². The van der Waals surface area contributed by atoms with E-state index in [4.69, 9.17) is 10.2 Å². The Balaban J connectivity index is 1.92. The average molecular weight is 249 g/mol. The van der Waals surface area contributed by atoms with Crippen LogP contribution in [0.4, 0.5) is 0 Å². The Morgan fingerprint density at radius 2 is 2.50 bits per heavy atom. The fourth-order valence-corrected chi connectivity index (χ4v) is 1.45. The topological polar surface area (TPSA) is 99.0 Å². The van der Waals surface area contributed by atoms with Gasteiger partial charge in [0.05, 0.1) is 19.4 Å². The number of nitrogens with two attached hydrogens (primary N) is 1. The van der Waals surface area contributed by atoms with Gasteiger partial charge in [-0.3, -0.25) is 4.79 Å². The highest BCUT2D eigenvalue weighted by Crippen LogP contribution is 2.05. The first-order valence-electron chi connectivity index (χ1n) is 5.61. The van der Waals surface area contributed by atoms with E-state index in [1.807, 2.05) is 0 Å². The van der Waals surface area contributed by atoms with Crippen molar-refractivity contribution in [1.29, 1.82) is 0 Å². The largest absolute Gasteiger partial charge is 0.467 e. The van der Waals surface area contributed by atoms with Crippen LogP contribution >= 0.6 is 0 Å². The summed E-state index contributed by atoms with van der Waals surface area (Å²) >= 11 is 0. The number of carbonyl (C=O) groups is 1. The molecule has 1 unspecified atom stereocenters. The van der Waals surface area contributed by atoms with E-state index < -0.39 is 6.04 Å². The summed E-state index contributed by atoms with van der Waals surface area (Å²) in [5.41, 5.74) is 5.41. The highest BCUT2D eigenvalue weighted by atomic mass is 16.3. The van der Waals surface area contributed by atoms with Crippen LogP contribution in [-0.2, 0) is 17.9 Å². The highest BCUT2D eigenvalue weighted by molar-refractivity contribution is 5.79. The normalized spacial score (nSPS) is 12.3. The van der Waals surface area contributed by atoms with Gasteiger partial charge in [0, 0.05) is 0 Å². The Kier molecular flexibility index (Phi) is 3.73. The Bertz CT molecular complexity index is 505. The zero-order valence-electron chi connectivity index (χ0n) is 10.0. The number of nitrogens with zero attached hydrogens (tertiary/aromatic N) is 3. The fraction of sp³-hybridized carbons (Fsp3) is 0.364. The van der Waals surface area contributed by atoms with Crippen LogP contribution in [0.5, 0.6) is 0 Å². The van der Waals surface area contributed by atoms with Crippen LogP contribution in [0, 0.1) is 0 Å². The first-order chi connectivity index (χ1) is 8.70. The molecule has 3 N–H and O–H groups in total. The van der Waals surface area contributed by atoms with Crippen molar-refractivity contribution in [3.8, 4) is 0 Å². The van der Waals surface area contributed by atoms with Crippen molar-refractivity contribution in [3.05, 3.63) is 36.3 Å². The maximum atomic E-state index is 11.9. The Hall–Kier alpha value is -2.15. The standard InChI is InChI=1S/C11H15N5O2/c1-8(16-7-14-10(5-12)15-16)11(17)13-6-9-3-2-4-18-9/h2-4,7-8H,5-6,12H2,1H3,(H,13,17). The molecule has 2 aromatic heterocycles. The molecule has 0 saturated carbocycles. The van der Waals surface area contributed by atoms with Gasteiger partial charge in [-0.1, -0.05) is 0 Å². The van der Waals surface area contributed by atoms with Crippen molar-refractivity contribution in [2.45, 2.75) is 26.1 Å². The Labute approximate surface area is 104 Å². The number of carbonyl (C=O) groups excluding carboxylic acids is 1. The summed E-state index contributed by atoms with van der Waals surface area (Å²) in [6.07, 6.45) is 3.06. The van der Waals surface area contributed by atoms with Crippen LogP contribution in [0.15, 0.2) is 29.1 Å². The van der Waals surface area contributed by atoms with E-state index in [0.29, 0.717) is 18.1 Å². The van der Waals surface area contributed by atoms with E-state index in [0.717, 1.165) is 0 Å². The van der Waals surface area contributed by atoms with Crippen molar-refractivity contribution >= 4 is 5.91 Å². The van der Waals surface area contributed by atoms with Gasteiger partial charge in [-0.15, -0.1) is 0 Å². The lowest BCUT2D eigenvalue weighted by Crippen LogP contribution is -2.30. The van der Waals surface area contributed by atoms with E-state index in [1.165, 1.54) is 11.0 Å². The monoisotopic (exact) mass is 249 g/mol. The van der Waals surface area contributed by atoms with Gasteiger partial charge in [-0.25, -0.2) is 9.67 Å². The number of hydrogen-bond donors (Lipinski definition) is 2. The maximum absolute atomic E-state index is 11.9. The molecule has 0 spiro atoms. The number of nitrogens with one attached hydrogen (secondary N) is 1. The summed E-state index contributed by atoms with van der Waals surface area (Å²) in [5.74, 6) is 1.07. The number of hydrogen-bond acceptors (Lipinski definition) is 5. The molecule has 0 radical (unpaired) electrons. The minimum absolute atomic E-state index is 0.153. The lowest BCUT2D eigenvalue weighted by molar-refractivity contribution is -0.124. The van der Waals surface area contributed by atoms with Gasteiger partial charge in [-0.2, -0.15) is 5.10 Å². The molecule has 0 aromatic carbocycles. The number of furan rings is 1. The molecule has 2 aromatic rings. The molecule has 7 nitrogen and oxygen atoms in total. The fourth-order valence-electron chi connectivity index (χ4n) is 1.45. The third-order valence-electron chi connectivity index (χ3n) is 2.53. The summed E-state index contributed by atoms with van der Waals surface area (Å²) in [7, 11) is 0. The number of rotatable bonds is 5. The maximum Gasteiger partial charge on any atom is 0.245 e. The van der Waals surface area contributed by atoms with E-state index in [2.05, 4.69) is 15.4 Å². The second-order valence-electron chi connectivity index (χ2n) is 3.82. The van der Waals surface area contributed by atoms with Crippen molar-refractivity contribution in [1.82, 2.24) is 20.1 Å². The quantitative estimate of drug-likeness (QED) is 0.789. The summed E-state index contributed by atoms with van der Waals surface area (Å²) in [5, 5.41) is 6.85. The molecule has 2 rings (SSSR count). The summed E-state index contributed by atoms with van der Waals surface area (Å²) in [4.78, 5) is 15.8. The van der Waals surface area contributed by atoms with E-state index >= 15 is 0 Å². The number of amides is 1. The molecule has 0 fully saturated rings. The molecule has 1 amide bonds. The van der Waals surface area contributed by atoms with E-state index in [9.17, 15) is 4.79 Å². The van der Waals surface area contributed by atoms with Crippen LogP contribution < -0.4 is 11.1 Å². The molecule has 7 heteroatoms. The second-order valence-corrected chi connectivity index (χ2v) is 3.82. The summed E-state index contributed by atoms with van der Waals surface area (Å²) in [6, 6.07) is 3.13. The zero-order valence-corrected chi connectivity index (χ0v) is 10.0. The van der Waals surface area contributed by atoms with Gasteiger partial charge in [0.25, 0.3) is 0 Å². The van der Waals surface area contributed by atoms with Crippen LogP contribution in [0.25, 0.3) is 0 Å². The molecule has 0 aliphatic heterocycles. The first-order valence-corrected chi connectivity index (χ1v) is 5.61. The lowest BCUT2D eigenvalue weighted by Gasteiger charge is -2.11. The van der Waals surface area contributed by atoms with Crippen LogP contribution in [0.3, 0.4) is 0 Å². The lowest BCUT2D eigenvalue weighted by atomic mass is 10.3. The van der Waals surface area contributed by atoms with Gasteiger partial charge in [0.1, 0.15) is 18.1 Å². The van der Waals surface area contributed by atoms with Gasteiger partial charge in [-0.05, 0) is 19.1 Å². The Morgan fingerprint density at radius 3 is 3.11 bits per heavy atom. The molecule has 0 bridgehead atoms. The molecule has 2 heterocycles. The van der Waals surface area contributed by atoms with Crippen LogP contribution in [-0.4, -0.2) is 20.7 Å². The SMILES string of the molecule is CC(C(=O)NCc1ccco1)n1cnc(CN)n1. The third-order valence-corrected chi connectivity index (χ3v) is 2.53. The van der Waals surface area contributed by atoms with Crippen LogP contribution in [0.1, 0.15) is 24.6 Å². The van der Waals surface area contributed by atoms with Gasteiger partial charge in [0.15, 0.2) is 5.82 Å². The van der Waals surface area contributed by atoms with Crippen molar-refractivity contribution < 1.29 is 9.21 Å². The minimum Gasteiger partial charge on any atom is -0.467 e. The third kappa shape index (κ3) is 2.75. The average Bonchev–Trinajstić information content (AvgIpc) is 3.05. The van der Waals surface area contributed by atoms with Gasteiger partial charge >= 0.3 is 0 Å². The molecule has 1 atom stereocenters. The first kappa shape index (κ1) is 12.3. The number of aromatic nitrogens is 3. The summed E-state index contributed by atoms with van der Waals surface area (Å²) in [6.45, 7) is 2.36. The van der Waals surface area contributed by atoms with Gasteiger partial charge < -0.3 is 15.5 Å². The van der Waals surface area contributed by atoms with Crippen molar-refractivity contribution in [2.75, 3.05) is 0 Å². The molecule has 0 saturated heterocycles. The predicted octanol–water partition coefficient (Wildman–Crippen LogP) is 0.207. The highest BCUT2D eigenvalue weighted by Gasteiger charge is 2.16.